The van der Waals surface area contributed by atoms with Gasteiger partial charge in [0.25, 0.3) is 0 Å². The van der Waals surface area contributed by atoms with Crippen LogP contribution in [-0.2, 0) is 12.1 Å². The molecule has 0 amide bonds. The predicted octanol–water partition coefficient (Wildman–Crippen LogP) is 1.74. The minimum absolute atomic E-state index is 0.0551. The molecule has 1 aliphatic carbocycles. The molecule has 1 unspecified atom stereocenters. The second-order valence-electron chi connectivity index (χ2n) is 3.28. The highest BCUT2D eigenvalue weighted by Crippen LogP contribution is 2.38. The van der Waals surface area contributed by atoms with Crippen molar-refractivity contribution in [2.24, 2.45) is 5.73 Å². The maximum Gasteiger partial charge on any atom is 0.151 e. The lowest BCUT2D eigenvalue weighted by Gasteiger charge is -2.27. The number of aryl methyl sites for hydroxylation is 1. The molecule has 1 aliphatic rings. The highest BCUT2D eigenvalue weighted by atomic mass is 19.1. The molecule has 1 heterocycles. The third-order valence-electron chi connectivity index (χ3n) is 2.53. The Hall–Kier alpha value is -0.830. The minimum Gasteiger partial charge on any atom is -0.469 e. The van der Waals surface area contributed by atoms with E-state index >= 15 is 0 Å². The van der Waals surface area contributed by atoms with Gasteiger partial charge in [-0.2, -0.15) is 0 Å². The number of rotatable bonds is 1. The van der Waals surface area contributed by atoms with E-state index in [9.17, 15) is 4.39 Å². The maximum atomic E-state index is 13.9. The van der Waals surface area contributed by atoms with E-state index in [1.165, 1.54) is 0 Å². The topological polar surface area (TPSA) is 39.2 Å². The summed E-state index contributed by atoms with van der Waals surface area (Å²) in [6, 6.07) is 1.70. The van der Waals surface area contributed by atoms with Crippen molar-refractivity contribution < 1.29 is 8.81 Å². The molecule has 2 nitrogen and oxygen atoms in total. The molecule has 0 fully saturated rings. The fourth-order valence-corrected chi connectivity index (χ4v) is 1.81. The first-order valence-corrected chi connectivity index (χ1v) is 4.22. The first-order chi connectivity index (χ1) is 5.76. The second-order valence-corrected chi connectivity index (χ2v) is 3.28. The van der Waals surface area contributed by atoms with Crippen molar-refractivity contribution >= 4 is 0 Å². The molecule has 0 bridgehead atoms. The molecule has 0 spiro atoms. The van der Waals surface area contributed by atoms with E-state index in [1.807, 2.05) is 0 Å². The Labute approximate surface area is 70.6 Å². The number of hydrogen-bond acceptors (Lipinski definition) is 2. The Morgan fingerprint density at radius 1 is 1.67 bits per heavy atom. The summed E-state index contributed by atoms with van der Waals surface area (Å²) in [6.07, 6.45) is 3.73. The van der Waals surface area contributed by atoms with Crippen molar-refractivity contribution in [3.05, 3.63) is 23.7 Å². The molecule has 1 atom stereocenters. The zero-order valence-electron chi connectivity index (χ0n) is 6.85. The molecular weight excluding hydrogens is 157 g/mol. The van der Waals surface area contributed by atoms with E-state index in [0.29, 0.717) is 12.0 Å². The molecular formula is C9H12FNO. The molecule has 2 rings (SSSR count). The van der Waals surface area contributed by atoms with E-state index in [1.54, 1.807) is 12.3 Å². The Bertz CT molecular complexity index is 284. The van der Waals surface area contributed by atoms with Gasteiger partial charge in [0.1, 0.15) is 5.76 Å². The molecule has 1 aromatic heterocycles. The van der Waals surface area contributed by atoms with E-state index in [2.05, 4.69) is 0 Å². The van der Waals surface area contributed by atoms with Crippen LogP contribution in [-0.4, -0.2) is 6.54 Å². The summed E-state index contributed by atoms with van der Waals surface area (Å²) in [5.41, 5.74) is 4.73. The largest absolute Gasteiger partial charge is 0.469 e. The van der Waals surface area contributed by atoms with Crippen LogP contribution >= 0.6 is 0 Å². The number of nitrogens with two attached hydrogens (primary N) is 1. The van der Waals surface area contributed by atoms with E-state index in [0.717, 1.165) is 18.6 Å². The quantitative estimate of drug-likeness (QED) is 0.695. The van der Waals surface area contributed by atoms with Crippen molar-refractivity contribution in [3.8, 4) is 0 Å². The number of hydrogen-bond donors (Lipinski definition) is 1. The second kappa shape index (κ2) is 2.59. The molecule has 0 saturated heterocycles. The monoisotopic (exact) mass is 169 g/mol. The molecule has 0 radical (unpaired) electrons. The van der Waals surface area contributed by atoms with Gasteiger partial charge in [0.15, 0.2) is 5.67 Å². The first kappa shape index (κ1) is 7.80. The van der Waals surface area contributed by atoms with Crippen LogP contribution in [0.4, 0.5) is 4.39 Å². The standard InChI is InChI=1S/C9H12FNO/c10-9(6-11)4-1-2-8-7(9)3-5-12-8/h3,5H,1-2,4,6,11H2. The van der Waals surface area contributed by atoms with E-state index < -0.39 is 5.67 Å². The molecule has 12 heavy (non-hydrogen) atoms. The SMILES string of the molecule is NCC1(F)CCCc2occc21. The van der Waals surface area contributed by atoms with Gasteiger partial charge in [0.2, 0.25) is 0 Å². The van der Waals surface area contributed by atoms with E-state index in [4.69, 9.17) is 10.2 Å². The Kier molecular flexibility index (Phi) is 1.68. The van der Waals surface area contributed by atoms with Crippen molar-refractivity contribution in [3.63, 3.8) is 0 Å². The van der Waals surface area contributed by atoms with Crippen molar-refractivity contribution in [1.82, 2.24) is 0 Å². The summed E-state index contributed by atoms with van der Waals surface area (Å²) >= 11 is 0. The summed E-state index contributed by atoms with van der Waals surface area (Å²) in [5.74, 6) is 0.772. The van der Waals surface area contributed by atoms with Crippen LogP contribution in [0, 0.1) is 0 Å². The van der Waals surface area contributed by atoms with Crippen LogP contribution < -0.4 is 5.73 Å². The van der Waals surface area contributed by atoms with Crippen molar-refractivity contribution in [2.45, 2.75) is 24.9 Å². The third kappa shape index (κ3) is 0.966. The van der Waals surface area contributed by atoms with Gasteiger partial charge in [-0.1, -0.05) is 0 Å². The summed E-state index contributed by atoms with van der Waals surface area (Å²) < 4.78 is 19.1. The summed E-state index contributed by atoms with van der Waals surface area (Å²) in [4.78, 5) is 0. The van der Waals surface area contributed by atoms with Gasteiger partial charge in [0, 0.05) is 18.5 Å². The summed E-state index contributed by atoms with van der Waals surface area (Å²) in [7, 11) is 0. The van der Waals surface area contributed by atoms with E-state index in [-0.39, 0.29) is 6.54 Å². The van der Waals surface area contributed by atoms with Crippen LogP contribution in [0.15, 0.2) is 16.7 Å². The van der Waals surface area contributed by atoms with Crippen LogP contribution in [0.1, 0.15) is 24.2 Å². The fraction of sp³-hybridized carbons (Fsp3) is 0.556. The van der Waals surface area contributed by atoms with Crippen molar-refractivity contribution in [1.29, 1.82) is 0 Å². The maximum absolute atomic E-state index is 13.9. The van der Waals surface area contributed by atoms with Crippen LogP contribution in [0.3, 0.4) is 0 Å². The van der Waals surface area contributed by atoms with Gasteiger partial charge < -0.3 is 10.2 Å². The van der Waals surface area contributed by atoms with Gasteiger partial charge in [-0.15, -0.1) is 0 Å². The summed E-state index contributed by atoms with van der Waals surface area (Å²) in [6.45, 7) is 0.0551. The lowest BCUT2D eigenvalue weighted by atomic mass is 9.85. The number of furan rings is 1. The van der Waals surface area contributed by atoms with Crippen LogP contribution in [0.25, 0.3) is 0 Å². The Morgan fingerprint density at radius 3 is 3.25 bits per heavy atom. The van der Waals surface area contributed by atoms with Crippen molar-refractivity contribution in [2.75, 3.05) is 6.54 Å². The molecule has 1 aromatic rings. The molecule has 0 saturated carbocycles. The highest BCUT2D eigenvalue weighted by Gasteiger charge is 2.36. The highest BCUT2D eigenvalue weighted by molar-refractivity contribution is 5.28. The van der Waals surface area contributed by atoms with Crippen LogP contribution in [0.5, 0.6) is 0 Å². The lowest BCUT2D eigenvalue weighted by molar-refractivity contribution is 0.142. The Morgan fingerprint density at radius 2 is 2.50 bits per heavy atom. The number of halogens is 1. The zero-order valence-corrected chi connectivity index (χ0v) is 6.85. The van der Waals surface area contributed by atoms with Gasteiger partial charge >= 0.3 is 0 Å². The first-order valence-electron chi connectivity index (χ1n) is 4.22. The zero-order chi connectivity index (χ0) is 8.60. The average molecular weight is 169 g/mol. The lowest BCUT2D eigenvalue weighted by Crippen LogP contribution is -2.33. The fourth-order valence-electron chi connectivity index (χ4n) is 1.81. The summed E-state index contributed by atoms with van der Waals surface area (Å²) in [5, 5.41) is 0. The van der Waals surface area contributed by atoms with Gasteiger partial charge in [-0.25, -0.2) is 4.39 Å². The molecule has 0 aliphatic heterocycles. The van der Waals surface area contributed by atoms with Gasteiger partial charge in [0.05, 0.1) is 6.26 Å². The molecule has 3 heteroatoms. The molecule has 2 N–H and O–H groups in total. The number of fused-ring (bicyclic) bond motifs is 1. The third-order valence-corrected chi connectivity index (χ3v) is 2.53. The van der Waals surface area contributed by atoms with Gasteiger partial charge in [-0.3, -0.25) is 0 Å². The number of alkyl halides is 1. The Balaban J connectivity index is 2.44. The van der Waals surface area contributed by atoms with Crippen LogP contribution in [0.2, 0.25) is 0 Å². The normalized spacial score (nSPS) is 28.5. The predicted molar refractivity (Wildman–Crippen MR) is 43.5 cm³/mol. The smallest absolute Gasteiger partial charge is 0.151 e. The average Bonchev–Trinajstić information content (AvgIpc) is 2.54. The molecule has 0 aromatic carbocycles. The molecule has 66 valence electrons. The minimum atomic E-state index is -1.33. The van der Waals surface area contributed by atoms with Gasteiger partial charge in [-0.05, 0) is 18.9 Å².